The Morgan fingerprint density at radius 2 is 1.73 bits per heavy atom. The van der Waals surface area contributed by atoms with Crippen LogP contribution in [0.25, 0.3) is 0 Å². The van der Waals surface area contributed by atoms with Crippen molar-refractivity contribution in [2.45, 2.75) is 69.4 Å². The number of halogens is 1. The van der Waals surface area contributed by atoms with E-state index in [2.05, 4.69) is 10.6 Å². The number of phenols is 2. The summed E-state index contributed by atoms with van der Waals surface area (Å²) in [5.41, 5.74) is -3.50. The van der Waals surface area contributed by atoms with Gasteiger partial charge in [-0.1, -0.05) is 12.1 Å². The number of ether oxygens (including phenoxy) is 3. The summed E-state index contributed by atoms with van der Waals surface area (Å²) < 4.78 is 17.4. The molecule has 0 spiro atoms. The number of hydrogen-bond acceptors (Lipinski definition) is 13. The van der Waals surface area contributed by atoms with Gasteiger partial charge < -0.3 is 50.2 Å². The number of aromatic hydroxyl groups is 2. The Balaban J connectivity index is 0.00000541. The van der Waals surface area contributed by atoms with Crippen molar-refractivity contribution in [2.75, 3.05) is 34.3 Å². The van der Waals surface area contributed by atoms with E-state index in [1.165, 1.54) is 32.2 Å². The lowest BCUT2D eigenvalue weighted by atomic mass is 9.72. The van der Waals surface area contributed by atoms with Gasteiger partial charge in [0.1, 0.15) is 29.0 Å². The summed E-state index contributed by atoms with van der Waals surface area (Å²) in [6, 6.07) is 3.45. The van der Waals surface area contributed by atoms with E-state index in [1.807, 2.05) is 0 Å². The largest absolute Gasteiger partial charge is 0.507 e. The minimum absolute atomic E-state index is 0. The molecule has 1 fully saturated rings. The molecule has 0 bridgehead atoms. The van der Waals surface area contributed by atoms with Gasteiger partial charge in [-0.3, -0.25) is 24.0 Å². The van der Waals surface area contributed by atoms with Crippen LogP contribution in [0.3, 0.4) is 0 Å². The second kappa shape index (κ2) is 14.4. The van der Waals surface area contributed by atoms with E-state index in [9.17, 15) is 44.4 Å². The van der Waals surface area contributed by atoms with Gasteiger partial charge in [-0.2, -0.15) is 0 Å². The first-order chi connectivity index (χ1) is 22.6. The molecule has 1 heterocycles. The van der Waals surface area contributed by atoms with E-state index in [4.69, 9.17) is 14.2 Å². The zero-order valence-electron chi connectivity index (χ0n) is 27.6. The number of likely N-dealkylation sites (N-methyl/N-ethyl adjacent to an activating group) is 1. The van der Waals surface area contributed by atoms with Crippen molar-refractivity contribution in [3.05, 3.63) is 51.6 Å². The molecule has 6 atom stereocenters. The van der Waals surface area contributed by atoms with E-state index in [-0.39, 0.29) is 65.8 Å². The van der Waals surface area contributed by atoms with E-state index in [0.29, 0.717) is 0 Å². The second-order valence-electron chi connectivity index (χ2n) is 12.7. The summed E-state index contributed by atoms with van der Waals surface area (Å²) in [6.07, 6.45) is -5.67. The molecule has 6 N–H and O–H groups in total. The molecule has 15 nitrogen and oxygen atoms in total. The first-order valence-electron chi connectivity index (χ1n) is 15.4. The average molecular weight is 706 g/mol. The minimum Gasteiger partial charge on any atom is -0.507 e. The van der Waals surface area contributed by atoms with Crippen LogP contribution in [0.5, 0.6) is 17.2 Å². The van der Waals surface area contributed by atoms with E-state index in [1.54, 1.807) is 19.0 Å². The summed E-state index contributed by atoms with van der Waals surface area (Å²) in [7, 11) is 4.72. The zero-order valence-corrected chi connectivity index (χ0v) is 28.4. The molecule has 2 aromatic carbocycles. The van der Waals surface area contributed by atoms with Crippen LogP contribution in [0.15, 0.2) is 18.2 Å². The number of amides is 2. The number of phenolic OH excluding ortho intramolecular Hbond substituents is 2. The third kappa shape index (κ3) is 7.00. The third-order valence-corrected chi connectivity index (χ3v) is 9.01. The van der Waals surface area contributed by atoms with Crippen molar-refractivity contribution in [3.63, 3.8) is 0 Å². The Morgan fingerprint density at radius 3 is 2.37 bits per heavy atom. The molecule has 0 unspecified atom stereocenters. The fourth-order valence-electron chi connectivity index (χ4n) is 6.55. The number of Topliss-reactive ketones (excluding diaryl/α,β-unsaturated/α-hetero) is 1. The van der Waals surface area contributed by atoms with E-state index >= 15 is 0 Å². The van der Waals surface area contributed by atoms with Crippen LogP contribution in [-0.4, -0.2) is 119 Å². The van der Waals surface area contributed by atoms with Crippen LogP contribution in [0.2, 0.25) is 0 Å². The predicted octanol–water partition coefficient (Wildman–Crippen LogP) is 0.286. The van der Waals surface area contributed by atoms with Crippen LogP contribution in [-0.2, 0) is 30.3 Å². The molecule has 266 valence electrons. The van der Waals surface area contributed by atoms with Gasteiger partial charge in [-0.15, -0.1) is 12.4 Å². The van der Waals surface area contributed by atoms with Crippen LogP contribution >= 0.6 is 12.4 Å². The molecule has 2 aliphatic carbocycles. The van der Waals surface area contributed by atoms with Gasteiger partial charge in [0.2, 0.25) is 17.6 Å². The Labute approximate surface area is 287 Å². The minimum atomic E-state index is -2.10. The molecule has 0 aromatic heterocycles. The number of carbonyl (C=O) groups excluding carboxylic acids is 5. The summed E-state index contributed by atoms with van der Waals surface area (Å²) >= 11 is 0. The van der Waals surface area contributed by atoms with Gasteiger partial charge in [0.15, 0.2) is 17.9 Å². The van der Waals surface area contributed by atoms with Gasteiger partial charge >= 0.3 is 0 Å². The Hall–Kier alpha value is -4.12. The van der Waals surface area contributed by atoms with Gasteiger partial charge in [0, 0.05) is 36.0 Å². The highest BCUT2D eigenvalue weighted by atomic mass is 35.5. The van der Waals surface area contributed by atoms with Crippen molar-refractivity contribution >= 4 is 41.6 Å². The van der Waals surface area contributed by atoms with Crippen molar-refractivity contribution in [2.24, 2.45) is 0 Å². The number of aliphatic hydroxyl groups excluding tert-OH is 1. The molecule has 5 rings (SSSR count). The molecule has 2 aromatic rings. The number of aliphatic hydroxyl groups is 2. The lowest BCUT2D eigenvalue weighted by Crippen LogP contribution is -2.57. The first-order valence-corrected chi connectivity index (χ1v) is 15.4. The number of nitrogens with zero attached hydrogens (tertiary/aromatic N) is 1. The zero-order chi connectivity index (χ0) is 35.2. The van der Waals surface area contributed by atoms with Crippen LogP contribution in [0.1, 0.15) is 75.8 Å². The highest BCUT2D eigenvalue weighted by molar-refractivity contribution is 6.31. The number of rotatable bonds is 9. The lowest BCUT2D eigenvalue weighted by Gasteiger charge is -2.42. The van der Waals surface area contributed by atoms with Crippen LogP contribution in [0.4, 0.5) is 0 Å². The Morgan fingerprint density at radius 1 is 1.06 bits per heavy atom. The average Bonchev–Trinajstić information content (AvgIpc) is 3.01. The number of benzene rings is 2. The predicted molar refractivity (Wildman–Crippen MR) is 173 cm³/mol. The fourth-order valence-corrected chi connectivity index (χ4v) is 6.55. The fraction of sp³-hybridized carbons (Fsp3) is 0.485. The maximum Gasteiger partial charge on any atom is 0.239 e. The number of hydrogen-bond donors (Lipinski definition) is 6. The summed E-state index contributed by atoms with van der Waals surface area (Å²) in [4.78, 5) is 66.4. The van der Waals surface area contributed by atoms with Crippen molar-refractivity contribution in [3.8, 4) is 17.2 Å². The standard InChI is InChI=1S/C33H39N3O12.ClH/c1-14-28(40)18(35-21(38)12-34-22(39)13-36(3)4)9-23(47-14)48-20-11-33(45,15(2)37)10-17-25(20)32(44)27-26(30(17)42)29(41)16-7-6-8-19(46-5)24(16)31(27)43;/h6-8,14,18,20,23,28,40,42,44-45H,9-13H2,1-5H3,(H,34,39)(H,35,38);1H/t14-,18-,20-,23-,28+,33-;/m0./s1. The number of carbonyl (C=O) groups is 5. The van der Waals surface area contributed by atoms with Gasteiger partial charge in [0.05, 0.1) is 55.1 Å². The maximum atomic E-state index is 13.8. The quantitative estimate of drug-likeness (QED) is 0.165. The van der Waals surface area contributed by atoms with Crippen LogP contribution < -0.4 is 15.4 Å². The molecule has 1 aliphatic heterocycles. The highest BCUT2D eigenvalue weighted by Crippen LogP contribution is 2.52. The number of ketones is 3. The smallest absolute Gasteiger partial charge is 0.239 e. The van der Waals surface area contributed by atoms with Crippen molar-refractivity contribution in [1.29, 1.82) is 0 Å². The van der Waals surface area contributed by atoms with Crippen LogP contribution in [0, 0.1) is 0 Å². The topological polar surface area (TPSA) is 221 Å². The molecular weight excluding hydrogens is 666 g/mol. The molecule has 0 saturated carbocycles. The Bertz CT molecular complexity index is 1700. The van der Waals surface area contributed by atoms with Crippen molar-refractivity contribution < 1.29 is 58.6 Å². The molecule has 49 heavy (non-hydrogen) atoms. The molecule has 1 saturated heterocycles. The molecule has 16 heteroatoms. The summed E-state index contributed by atoms with van der Waals surface area (Å²) in [5, 5.41) is 50.5. The number of methoxy groups -OCH3 is 1. The molecule has 2 amide bonds. The third-order valence-electron chi connectivity index (χ3n) is 9.01. The number of nitrogens with one attached hydrogen (secondary N) is 2. The van der Waals surface area contributed by atoms with Crippen molar-refractivity contribution in [1.82, 2.24) is 15.5 Å². The highest BCUT2D eigenvalue weighted by Gasteiger charge is 2.49. The molecule has 0 radical (unpaired) electrons. The monoisotopic (exact) mass is 705 g/mol. The van der Waals surface area contributed by atoms with E-state index < -0.39 is 95.0 Å². The molecular formula is C33H40ClN3O12. The second-order valence-corrected chi connectivity index (χ2v) is 12.7. The Kier molecular flexibility index (Phi) is 11.1. The first kappa shape index (κ1) is 37.7. The molecule has 3 aliphatic rings. The van der Waals surface area contributed by atoms with Gasteiger partial charge in [0.25, 0.3) is 0 Å². The van der Waals surface area contributed by atoms with E-state index in [0.717, 1.165) is 6.92 Å². The van der Waals surface area contributed by atoms with Gasteiger partial charge in [-0.05, 0) is 34.0 Å². The maximum absolute atomic E-state index is 13.8. The summed E-state index contributed by atoms with van der Waals surface area (Å²) in [6.45, 7) is 2.40. The SMILES string of the molecule is COc1cccc2c1C(=O)c1c(O)c3c(c(O)c1C2=O)C[C@@](O)(C(C)=O)C[C@@H]3O[C@H]1C[C@H](NC(=O)CNC(=O)CN(C)C)[C@H](O)[C@H](C)O1.Cl. The van der Waals surface area contributed by atoms with Gasteiger partial charge in [-0.25, -0.2) is 0 Å². The lowest BCUT2D eigenvalue weighted by molar-refractivity contribution is -0.249. The normalized spacial score (nSPS) is 25.8. The number of fused-ring (bicyclic) bond motifs is 3. The summed E-state index contributed by atoms with van der Waals surface area (Å²) in [5.74, 6) is -4.47.